The van der Waals surface area contributed by atoms with Crippen LogP contribution in [-0.4, -0.2) is 22.9 Å². The predicted octanol–water partition coefficient (Wildman–Crippen LogP) is 3.97. The van der Waals surface area contributed by atoms with Gasteiger partial charge in [0.1, 0.15) is 0 Å². The topological polar surface area (TPSA) is 75.5 Å². The molecule has 1 N–H and O–H groups in total. The Labute approximate surface area is 130 Å². The van der Waals surface area contributed by atoms with Crippen molar-refractivity contribution >= 4 is 40.3 Å². The van der Waals surface area contributed by atoms with Gasteiger partial charge in [-0.2, -0.15) is 0 Å². The van der Waals surface area contributed by atoms with E-state index in [0.29, 0.717) is 16.6 Å². The minimum Gasteiger partial charge on any atom is -0.322 e. The van der Waals surface area contributed by atoms with Gasteiger partial charge < -0.3 is 10.2 Å². The van der Waals surface area contributed by atoms with Crippen LogP contribution >= 0.6 is 22.9 Å². The van der Waals surface area contributed by atoms with Gasteiger partial charge >= 0.3 is 6.03 Å². The molecule has 1 heterocycles. The molecule has 0 fully saturated rings. The van der Waals surface area contributed by atoms with E-state index in [2.05, 4.69) is 5.32 Å². The van der Waals surface area contributed by atoms with Gasteiger partial charge in [-0.05, 0) is 24.3 Å². The van der Waals surface area contributed by atoms with Crippen LogP contribution in [0.1, 0.15) is 4.88 Å². The molecule has 0 bridgehead atoms. The first-order valence-corrected chi connectivity index (χ1v) is 7.16. The number of rotatable bonds is 4. The summed E-state index contributed by atoms with van der Waals surface area (Å²) in [5, 5.41) is 13.2. The molecule has 0 aliphatic heterocycles. The average Bonchev–Trinajstić information content (AvgIpc) is 2.84. The molecule has 0 saturated carbocycles. The number of benzene rings is 1. The summed E-state index contributed by atoms with van der Waals surface area (Å²) in [6.45, 7) is 0.441. The Morgan fingerprint density at radius 1 is 1.33 bits per heavy atom. The van der Waals surface area contributed by atoms with Gasteiger partial charge in [-0.3, -0.25) is 10.1 Å². The van der Waals surface area contributed by atoms with Crippen LogP contribution in [-0.2, 0) is 6.54 Å². The van der Waals surface area contributed by atoms with Gasteiger partial charge in [-0.15, -0.1) is 11.3 Å². The smallest absolute Gasteiger partial charge is 0.321 e. The summed E-state index contributed by atoms with van der Waals surface area (Å²) in [5.41, 5.74) is 0.483. The Bertz CT molecular complexity index is 657. The normalized spacial score (nSPS) is 10.2. The maximum atomic E-state index is 12.0. The molecule has 6 nitrogen and oxygen atoms in total. The number of nitro benzene ring substituents is 1. The number of nitrogens with one attached hydrogen (secondary N) is 1. The number of hydrogen-bond acceptors (Lipinski definition) is 4. The summed E-state index contributed by atoms with van der Waals surface area (Å²) in [6.07, 6.45) is 0. The standard InChI is InChI=1S/C13H12ClN3O3S/c1-16(8-11-6-7-12(14)21-11)13(18)15-9-2-4-10(5-3-9)17(19)20/h2-7H,8H2,1H3,(H,15,18). The fourth-order valence-electron chi connectivity index (χ4n) is 1.63. The molecule has 0 spiro atoms. The Morgan fingerprint density at radius 2 is 2.00 bits per heavy atom. The van der Waals surface area contributed by atoms with Gasteiger partial charge in [-0.1, -0.05) is 11.6 Å². The Morgan fingerprint density at radius 3 is 2.52 bits per heavy atom. The highest BCUT2D eigenvalue weighted by molar-refractivity contribution is 7.16. The van der Waals surface area contributed by atoms with Crippen LogP contribution in [0, 0.1) is 10.1 Å². The van der Waals surface area contributed by atoms with Crippen LogP contribution < -0.4 is 5.32 Å². The van der Waals surface area contributed by atoms with Gasteiger partial charge in [0.2, 0.25) is 0 Å². The van der Waals surface area contributed by atoms with E-state index < -0.39 is 4.92 Å². The van der Waals surface area contributed by atoms with E-state index in [9.17, 15) is 14.9 Å². The summed E-state index contributed by atoms with van der Waals surface area (Å²) >= 11 is 7.25. The van der Waals surface area contributed by atoms with Crippen LogP contribution in [0.5, 0.6) is 0 Å². The summed E-state index contributed by atoms with van der Waals surface area (Å²) < 4.78 is 0.675. The summed E-state index contributed by atoms with van der Waals surface area (Å²) in [7, 11) is 1.66. The van der Waals surface area contributed by atoms with Gasteiger partial charge in [-0.25, -0.2) is 4.79 Å². The second-order valence-corrected chi connectivity index (χ2v) is 6.10. The fraction of sp³-hybridized carbons (Fsp3) is 0.154. The third kappa shape index (κ3) is 4.17. The lowest BCUT2D eigenvalue weighted by Crippen LogP contribution is -2.30. The molecule has 8 heteroatoms. The number of nitrogens with zero attached hydrogens (tertiary/aromatic N) is 2. The van der Waals surface area contributed by atoms with Crippen LogP contribution in [0.25, 0.3) is 0 Å². The third-order valence-electron chi connectivity index (χ3n) is 2.70. The van der Waals surface area contributed by atoms with Gasteiger partial charge in [0.05, 0.1) is 15.8 Å². The Kier molecular flexibility index (Phi) is 4.77. The van der Waals surface area contributed by atoms with E-state index in [1.54, 1.807) is 13.1 Å². The lowest BCUT2D eigenvalue weighted by molar-refractivity contribution is -0.384. The number of thiophene rings is 1. The lowest BCUT2D eigenvalue weighted by Gasteiger charge is -2.17. The van der Waals surface area contributed by atoms with Gasteiger partial charge in [0, 0.05) is 29.7 Å². The lowest BCUT2D eigenvalue weighted by atomic mass is 10.3. The van der Waals surface area contributed by atoms with Crippen molar-refractivity contribution in [2.75, 3.05) is 12.4 Å². The molecule has 0 aliphatic carbocycles. The van der Waals surface area contributed by atoms with E-state index in [0.717, 1.165) is 4.88 Å². The monoisotopic (exact) mass is 325 g/mol. The SMILES string of the molecule is CN(Cc1ccc(Cl)s1)C(=O)Nc1ccc([N+](=O)[O-])cc1. The van der Waals surface area contributed by atoms with E-state index in [4.69, 9.17) is 11.6 Å². The van der Waals surface area contributed by atoms with Crippen molar-refractivity contribution in [3.8, 4) is 0 Å². The van der Waals surface area contributed by atoms with Gasteiger partial charge in [0.15, 0.2) is 0 Å². The van der Waals surface area contributed by atoms with Crippen molar-refractivity contribution < 1.29 is 9.72 Å². The van der Waals surface area contributed by atoms with Crippen LogP contribution in [0.2, 0.25) is 4.34 Å². The molecule has 2 aromatic rings. The molecule has 0 aliphatic rings. The number of carbonyl (C=O) groups is 1. The fourth-order valence-corrected chi connectivity index (χ4v) is 2.77. The van der Waals surface area contributed by atoms with Crippen molar-refractivity contribution in [2.24, 2.45) is 0 Å². The van der Waals surface area contributed by atoms with Crippen molar-refractivity contribution in [3.63, 3.8) is 0 Å². The molecule has 0 unspecified atom stereocenters. The predicted molar refractivity (Wildman–Crippen MR) is 82.9 cm³/mol. The van der Waals surface area contributed by atoms with E-state index in [1.165, 1.54) is 40.5 Å². The van der Waals surface area contributed by atoms with Crippen LogP contribution in [0.3, 0.4) is 0 Å². The van der Waals surface area contributed by atoms with Crippen molar-refractivity contribution in [1.82, 2.24) is 4.90 Å². The number of hydrogen-bond donors (Lipinski definition) is 1. The molecule has 0 saturated heterocycles. The highest BCUT2D eigenvalue weighted by Crippen LogP contribution is 2.22. The first-order chi connectivity index (χ1) is 9.95. The number of anilines is 1. The van der Waals surface area contributed by atoms with Crippen LogP contribution in [0.15, 0.2) is 36.4 Å². The zero-order valence-corrected chi connectivity index (χ0v) is 12.6. The van der Waals surface area contributed by atoms with Crippen molar-refractivity contribution in [1.29, 1.82) is 0 Å². The highest BCUT2D eigenvalue weighted by atomic mass is 35.5. The second kappa shape index (κ2) is 6.55. The average molecular weight is 326 g/mol. The second-order valence-electron chi connectivity index (χ2n) is 4.30. The molecule has 0 atom stereocenters. The van der Waals surface area contributed by atoms with Crippen molar-refractivity contribution in [2.45, 2.75) is 6.54 Å². The number of urea groups is 1. The largest absolute Gasteiger partial charge is 0.322 e. The Balaban J connectivity index is 1.95. The minimum atomic E-state index is -0.488. The minimum absolute atomic E-state index is 0.0189. The molecule has 1 aromatic carbocycles. The molecular weight excluding hydrogens is 314 g/mol. The van der Waals surface area contributed by atoms with Crippen molar-refractivity contribution in [3.05, 3.63) is 55.7 Å². The Hall–Kier alpha value is -2.12. The maximum Gasteiger partial charge on any atom is 0.321 e. The first-order valence-electron chi connectivity index (χ1n) is 5.96. The number of nitro groups is 1. The molecule has 1 aromatic heterocycles. The van der Waals surface area contributed by atoms with E-state index in [1.807, 2.05) is 6.07 Å². The third-order valence-corrected chi connectivity index (χ3v) is 3.91. The quantitative estimate of drug-likeness (QED) is 0.682. The summed E-state index contributed by atoms with van der Waals surface area (Å²) in [6, 6.07) is 9.02. The molecule has 2 amide bonds. The number of amides is 2. The van der Waals surface area contributed by atoms with Crippen LogP contribution in [0.4, 0.5) is 16.2 Å². The number of non-ortho nitro benzene ring substituents is 1. The zero-order valence-electron chi connectivity index (χ0n) is 11.1. The molecule has 0 radical (unpaired) electrons. The number of carbonyl (C=O) groups excluding carboxylic acids is 1. The van der Waals surface area contributed by atoms with Gasteiger partial charge in [0.25, 0.3) is 5.69 Å². The molecule has 110 valence electrons. The maximum absolute atomic E-state index is 12.0. The summed E-state index contributed by atoms with van der Waals surface area (Å²) in [4.78, 5) is 24.5. The number of halogens is 1. The summed E-state index contributed by atoms with van der Waals surface area (Å²) in [5.74, 6) is 0. The molecule has 2 rings (SSSR count). The molecular formula is C13H12ClN3O3S. The zero-order chi connectivity index (χ0) is 15.4. The first kappa shape index (κ1) is 15.3. The van der Waals surface area contributed by atoms with E-state index >= 15 is 0 Å². The molecule has 21 heavy (non-hydrogen) atoms. The highest BCUT2D eigenvalue weighted by Gasteiger charge is 2.11. The van der Waals surface area contributed by atoms with E-state index in [-0.39, 0.29) is 11.7 Å².